The van der Waals surface area contributed by atoms with Gasteiger partial charge in [-0.05, 0) is 42.5 Å². The van der Waals surface area contributed by atoms with Gasteiger partial charge in [-0.15, -0.1) is 13.2 Å². The SMILES string of the molecule is O=C(Nc1ccc(OC(F)(F)F)cc1)Nc1ccc2oc(=O)cc(C(F)(F)F)c2c1. The summed E-state index contributed by atoms with van der Waals surface area (Å²) in [6.45, 7) is 0. The van der Waals surface area contributed by atoms with E-state index in [1.807, 2.05) is 0 Å². The van der Waals surface area contributed by atoms with Gasteiger partial charge in [-0.3, -0.25) is 0 Å². The molecule has 2 N–H and O–H groups in total. The number of nitrogens with one attached hydrogen (secondary N) is 2. The molecule has 3 rings (SSSR count). The van der Waals surface area contributed by atoms with Gasteiger partial charge in [0.15, 0.2) is 0 Å². The van der Waals surface area contributed by atoms with E-state index in [2.05, 4.69) is 15.4 Å². The largest absolute Gasteiger partial charge is 0.573 e. The van der Waals surface area contributed by atoms with Crippen LogP contribution in [-0.2, 0) is 6.18 Å². The second-order valence-corrected chi connectivity index (χ2v) is 5.84. The second-order valence-electron chi connectivity index (χ2n) is 5.84. The normalized spacial score (nSPS) is 11.9. The van der Waals surface area contributed by atoms with Gasteiger partial charge in [0.25, 0.3) is 0 Å². The van der Waals surface area contributed by atoms with E-state index in [4.69, 9.17) is 4.42 Å². The van der Waals surface area contributed by atoms with Crippen LogP contribution in [-0.4, -0.2) is 12.4 Å². The molecule has 0 bridgehead atoms. The molecule has 30 heavy (non-hydrogen) atoms. The summed E-state index contributed by atoms with van der Waals surface area (Å²) in [5, 5.41) is 4.14. The summed E-state index contributed by atoms with van der Waals surface area (Å²) in [4.78, 5) is 23.3. The highest BCUT2D eigenvalue weighted by molar-refractivity contribution is 6.01. The number of rotatable bonds is 3. The van der Waals surface area contributed by atoms with Gasteiger partial charge in [0.2, 0.25) is 0 Å². The highest BCUT2D eigenvalue weighted by atomic mass is 19.4. The molecule has 6 nitrogen and oxygen atoms in total. The van der Waals surface area contributed by atoms with Crippen LogP contribution in [0.15, 0.2) is 57.7 Å². The predicted octanol–water partition coefficient (Wildman–Crippen LogP) is 5.35. The quantitative estimate of drug-likeness (QED) is 0.432. The van der Waals surface area contributed by atoms with Gasteiger partial charge in [-0.2, -0.15) is 13.2 Å². The van der Waals surface area contributed by atoms with E-state index in [1.54, 1.807) is 0 Å². The number of hydrogen-bond donors (Lipinski definition) is 2. The Hall–Kier alpha value is -3.70. The van der Waals surface area contributed by atoms with Crippen molar-refractivity contribution in [3.05, 3.63) is 64.5 Å². The van der Waals surface area contributed by atoms with Crippen LogP contribution in [0.2, 0.25) is 0 Å². The van der Waals surface area contributed by atoms with Gasteiger partial charge in [-0.25, -0.2) is 9.59 Å². The molecule has 1 heterocycles. The highest BCUT2D eigenvalue weighted by Gasteiger charge is 2.34. The molecular formula is C18H10F6N2O4. The van der Waals surface area contributed by atoms with Gasteiger partial charge in [0.05, 0.1) is 5.56 Å². The molecule has 0 aliphatic rings. The number of ether oxygens (including phenoxy) is 1. The standard InChI is InChI=1S/C18H10F6N2O4/c19-17(20,21)13-8-15(27)29-14-6-3-10(7-12(13)14)26-16(28)25-9-1-4-11(5-2-9)30-18(22,23)24/h1-8H,(H2,25,26,28). The maximum Gasteiger partial charge on any atom is 0.573 e. The summed E-state index contributed by atoms with van der Waals surface area (Å²) in [6, 6.07) is 6.92. The third kappa shape index (κ3) is 5.21. The van der Waals surface area contributed by atoms with Crippen LogP contribution in [0, 0.1) is 0 Å². The zero-order chi connectivity index (χ0) is 22.1. The first kappa shape index (κ1) is 21.0. The first-order chi connectivity index (χ1) is 13.9. The minimum absolute atomic E-state index is 0.0450. The number of anilines is 2. The lowest BCUT2D eigenvalue weighted by molar-refractivity contribution is -0.274. The number of amides is 2. The Morgan fingerprint density at radius 2 is 1.47 bits per heavy atom. The Bertz CT molecular complexity index is 1140. The monoisotopic (exact) mass is 432 g/mol. The minimum atomic E-state index is -4.86. The van der Waals surface area contributed by atoms with Crippen LogP contribution in [0.25, 0.3) is 11.0 Å². The molecule has 2 amide bonds. The average Bonchev–Trinajstić information content (AvgIpc) is 2.61. The van der Waals surface area contributed by atoms with Crippen LogP contribution < -0.4 is 21.0 Å². The fraction of sp³-hybridized carbons (Fsp3) is 0.111. The average molecular weight is 432 g/mol. The molecule has 0 aliphatic heterocycles. The van der Waals surface area contributed by atoms with Crippen LogP contribution in [0.1, 0.15) is 5.56 Å². The van der Waals surface area contributed by atoms with Crippen molar-refractivity contribution in [2.75, 3.05) is 10.6 Å². The number of benzene rings is 2. The molecule has 2 aromatic carbocycles. The lowest BCUT2D eigenvalue weighted by Crippen LogP contribution is -2.20. The van der Waals surface area contributed by atoms with Crippen molar-refractivity contribution in [2.45, 2.75) is 12.5 Å². The van der Waals surface area contributed by atoms with E-state index in [9.17, 15) is 35.9 Å². The van der Waals surface area contributed by atoms with E-state index in [-0.39, 0.29) is 17.0 Å². The van der Waals surface area contributed by atoms with Crippen molar-refractivity contribution >= 4 is 28.4 Å². The van der Waals surface area contributed by atoms with Crippen LogP contribution in [0.5, 0.6) is 5.75 Å². The summed E-state index contributed by atoms with van der Waals surface area (Å²) in [6.07, 6.45) is -9.69. The number of hydrogen-bond acceptors (Lipinski definition) is 4. The Balaban J connectivity index is 1.77. The summed E-state index contributed by atoms with van der Waals surface area (Å²) >= 11 is 0. The topological polar surface area (TPSA) is 80.6 Å². The van der Waals surface area contributed by atoms with E-state index < -0.39 is 40.9 Å². The summed E-state index contributed by atoms with van der Waals surface area (Å²) < 4.78 is 84.3. The van der Waals surface area contributed by atoms with E-state index >= 15 is 0 Å². The lowest BCUT2D eigenvalue weighted by Gasteiger charge is -2.12. The Morgan fingerprint density at radius 1 is 0.867 bits per heavy atom. The molecule has 0 unspecified atom stereocenters. The smallest absolute Gasteiger partial charge is 0.423 e. The molecule has 1 aromatic heterocycles. The molecule has 12 heteroatoms. The van der Waals surface area contributed by atoms with Gasteiger partial charge in [-0.1, -0.05) is 0 Å². The van der Waals surface area contributed by atoms with Crippen LogP contribution in [0.3, 0.4) is 0 Å². The summed E-state index contributed by atoms with van der Waals surface area (Å²) in [7, 11) is 0. The van der Waals surface area contributed by atoms with Gasteiger partial charge < -0.3 is 19.8 Å². The Kier molecular flexibility index (Phi) is 5.33. The van der Waals surface area contributed by atoms with Crippen LogP contribution >= 0.6 is 0 Å². The van der Waals surface area contributed by atoms with E-state index in [0.717, 1.165) is 36.4 Å². The van der Waals surface area contributed by atoms with Crippen molar-refractivity contribution < 1.29 is 40.3 Å². The molecule has 0 radical (unpaired) electrons. The first-order valence-corrected chi connectivity index (χ1v) is 8.00. The van der Waals surface area contributed by atoms with Gasteiger partial charge in [0, 0.05) is 22.8 Å². The number of halogens is 6. The fourth-order valence-electron chi connectivity index (χ4n) is 2.51. The molecule has 0 fully saturated rings. The number of carbonyl (C=O) groups excluding carboxylic acids is 1. The second kappa shape index (κ2) is 7.61. The number of fused-ring (bicyclic) bond motifs is 1. The van der Waals surface area contributed by atoms with Gasteiger partial charge in [0.1, 0.15) is 11.3 Å². The van der Waals surface area contributed by atoms with Crippen molar-refractivity contribution in [1.29, 1.82) is 0 Å². The molecule has 0 saturated heterocycles. The van der Waals surface area contributed by atoms with Crippen LogP contribution in [0.4, 0.5) is 42.5 Å². The van der Waals surface area contributed by atoms with Crippen molar-refractivity contribution in [2.24, 2.45) is 0 Å². The molecule has 158 valence electrons. The summed E-state index contributed by atoms with van der Waals surface area (Å²) in [5.74, 6) is -0.496. The van der Waals surface area contributed by atoms with Crippen molar-refractivity contribution in [3.8, 4) is 5.75 Å². The zero-order valence-corrected chi connectivity index (χ0v) is 14.5. The lowest BCUT2D eigenvalue weighted by atomic mass is 10.1. The first-order valence-electron chi connectivity index (χ1n) is 8.00. The number of carbonyl (C=O) groups is 1. The minimum Gasteiger partial charge on any atom is -0.423 e. The maximum absolute atomic E-state index is 13.2. The third-order valence-corrected chi connectivity index (χ3v) is 3.65. The Labute approximate surface area is 163 Å². The molecule has 0 atom stereocenters. The van der Waals surface area contributed by atoms with Gasteiger partial charge >= 0.3 is 24.2 Å². The van der Waals surface area contributed by atoms with E-state index in [1.165, 1.54) is 6.07 Å². The van der Waals surface area contributed by atoms with E-state index in [0.29, 0.717) is 6.07 Å². The molecule has 0 saturated carbocycles. The highest BCUT2D eigenvalue weighted by Crippen LogP contribution is 2.34. The maximum atomic E-state index is 13.2. The predicted molar refractivity (Wildman–Crippen MR) is 93.3 cm³/mol. The van der Waals surface area contributed by atoms with Crippen molar-refractivity contribution in [1.82, 2.24) is 0 Å². The summed E-state index contributed by atoms with van der Waals surface area (Å²) in [5.41, 5.74) is -2.66. The zero-order valence-electron chi connectivity index (χ0n) is 14.5. The van der Waals surface area contributed by atoms with Crippen molar-refractivity contribution in [3.63, 3.8) is 0 Å². The third-order valence-electron chi connectivity index (χ3n) is 3.65. The molecule has 0 spiro atoms. The Morgan fingerprint density at radius 3 is 2.07 bits per heavy atom. The molecule has 3 aromatic rings. The number of alkyl halides is 6. The molecule has 0 aliphatic carbocycles. The fourth-order valence-corrected chi connectivity index (χ4v) is 2.51. The molecular weight excluding hydrogens is 422 g/mol. The number of urea groups is 1.